The Morgan fingerprint density at radius 3 is 2.90 bits per heavy atom. The lowest BCUT2D eigenvalue weighted by atomic mass is 10.1. The SMILES string of the molecule is Cc1cccc2c1c(F)c(C)n2CCNc1cc(-c2ccc3c(c2)CC(=O)N3)ncn1. The molecule has 31 heavy (non-hydrogen) atoms. The second-order valence-corrected chi connectivity index (χ2v) is 7.83. The number of aromatic nitrogens is 3. The van der Waals surface area contributed by atoms with E-state index in [1.807, 2.05) is 60.9 Å². The van der Waals surface area contributed by atoms with E-state index in [0.717, 1.165) is 33.6 Å². The summed E-state index contributed by atoms with van der Waals surface area (Å²) in [7, 11) is 0. The van der Waals surface area contributed by atoms with Gasteiger partial charge in [0.25, 0.3) is 0 Å². The number of hydrogen-bond donors (Lipinski definition) is 2. The molecule has 0 saturated heterocycles. The monoisotopic (exact) mass is 415 g/mol. The lowest BCUT2D eigenvalue weighted by molar-refractivity contribution is -0.115. The molecule has 156 valence electrons. The maximum Gasteiger partial charge on any atom is 0.228 e. The predicted octanol–water partition coefficient (Wildman–Crippen LogP) is 4.46. The summed E-state index contributed by atoms with van der Waals surface area (Å²) in [5.74, 6) is 0.559. The van der Waals surface area contributed by atoms with Crippen molar-refractivity contribution in [1.82, 2.24) is 14.5 Å². The summed E-state index contributed by atoms with van der Waals surface area (Å²) in [5, 5.41) is 6.85. The number of amides is 1. The van der Waals surface area contributed by atoms with Crippen LogP contribution in [0.3, 0.4) is 0 Å². The Balaban J connectivity index is 1.33. The maximum absolute atomic E-state index is 14.7. The Labute approximate surface area is 179 Å². The van der Waals surface area contributed by atoms with Crippen LogP contribution in [0.1, 0.15) is 16.8 Å². The van der Waals surface area contributed by atoms with Gasteiger partial charge in [-0.1, -0.05) is 18.2 Å². The highest BCUT2D eigenvalue weighted by atomic mass is 19.1. The number of carbonyl (C=O) groups excluding carboxylic acids is 1. The van der Waals surface area contributed by atoms with E-state index in [1.54, 1.807) is 0 Å². The van der Waals surface area contributed by atoms with Gasteiger partial charge in [0.15, 0.2) is 5.82 Å². The van der Waals surface area contributed by atoms with Crippen LogP contribution in [-0.2, 0) is 17.8 Å². The summed E-state index contributed by atoms with van der Waals surface area (Å²) < 4.78 is 16.7. The first-order valence-electron chi connectivity index (χ1n) is 10.2. The van der Waals surface area contributed by atoms with Gasteiger partial charge in [0.1, 0.15) is 12.1 Å². The number of nitrogens with zero attached hydrogens (tertiary/aromatic N) is 3. The molecule has 0 atom stereocenters. The molecule has 0 spiro atoms. The molecule has 2 N–H and O–H groups in total. The lowest BCUT2D eigenvalue weighted by Crippen LogP contribution is -2.12. The van der Waals surface area contributed by atoms with Crippen molar-refractivity contribution in [2.45, 2.75) is 26.8 Å². The predicted molar refractivity (Wildman–Crippen MR) is 120 cm³/mol. The largest absolute Gasteiger partial charge is 0.368 e. The number of halogens is 1. The number of aryl methyl sites for hydroxylation is 1. The van der Waals surface area contributed by atoms with E-state index >= 15 is 0 Å². The zero-order valence-electron chi connectivity index (χ0n) is 17.4. The van der Waals surface area contributed by atoms with Gasteiger partial charge in [-0.25, -0.2) is 14.4 Å². The van der Waals surface area contributed by atoms with Crippen molar-refractivity contribution < 1.29 is 9.18 Å². The van der Waals surface area contributed by atoms with Gasteiger partial charge in [-0.05, 0) is 43.2 Å². The average Bonchev–Trinajstić information content (AvgIpc) is 3.25. The maximum atomic E-state index is 14.7. The van der Waals surface area contributed by atoms with Gasteiger partial charge in [0, 0.05) is 35.8 Å². The summed E-state index contributed by atoms with van der Waals surface area (Å²) in [4.78, 5) is 20.3. The molecule has 0 saturated carbocycles. The van der Waals surface area contributed by atoms with Gasteiger partial charge in [-0.3, -0.25) is 4.79 Å². The molecule has 1 aliphatic heterocycles. The first-order valence-corrected chi connectivity index (χ1v) is 10.2. The minimum atomic E-state index is -0.151. The molecule has 5 rings (SSSR count). The third-order valence-electron chi connectivity index (χ3n) is 5.82. The van der Waals surface area contributed by atoms with Crippen LogP contribution < -0.4 is 10.6 Å². The highest BCUT2D eigenvalue weighted by Gasteiger charge is 2.18. The normalized spacial score (nSPS) is 12.8. The fourth-order valence-electron chi connectivity index (χ4n) is 4.23. The summed E-state index contributed by atoms with van der Waals surface area (Å²) in [6.45, 7) is 4.95. The molecular weight excluding hydrogens is 393 g/mol. The van der Waals surface area contributed by atoms with E-state index in [1.165, 1.54) is 6.33 Å². The van der Waals surface area contributed by atoms with Crippen LogP contribution in [0.25, 0.3) is 22.2 Å². The van der Waals surface area contributed by atoms with Crippen LogP contribution in [0.2, 0.25) is 0 Å². The van der Waals surface area contributed by atoms with Crippen molar-refractivity contribution in [2.75, 3.05) is 17.2 Å². The van der Waals surface area contributed by atoms with Gasteiger partial charge >= 0.3 is 0 Å². The van der Waals surface area contributed by atoms with E-state index in [-0.39, 0.29) is 11.7 Å². The molecule has 2 aromatic heterocycles. The zero-order valence-corrected chi connectivity index (χ0v) is 17.4. The summed E-state index contributed by atoms with van der Waals surface area (Å²) >= 11 is 0. The number of anilines is 2. The van der Waals surface area contributed by atoms with E-state index in [0.29, 0.717) is 36.4 Å². The van der Waals surface area contributed by atoms with Crippen molar-refractivity contribution in [3.63, 3.8) is 0 Å². The topological polar surface area (TPSA) is 71.8 Å². The Kier molecular flexibility index (Phi) is 4.66. The molecular formula is C24H22FN5O. The van der Waals surface area contributed by atoms with Gasteiger partial charge in [0.2, 0.25) is 5.91 Å². The highest BCUT2D eigenvalue weighted by molar-refractivity contribution is 5.99. The Bertz CT molecular complexity index is 1330. The van der Waals surface area contributed by atoms with Crippen LogP contribution >= 0.6 is 0 Å². The van der Waals surface area contributed by atoms with E-state index in [4.69, 9.17) is 0 Å². The summed E-state index contributed by atoms with van der Waals surface area (Å²) in [6.07, 6.45) is 1.91. The minimum absolute atomic E-state index is 0.0108. The number of rotatable bonds is 5. The Morgan fingerprint density at radius 2 is 2.03 bits per heavy atom. The zero-order chi connectivity index (χ0) is 21.5. The smallest absolute Gasteiger partial charge is 0.228 e. The van der Waals surface area contributed by atoms with Crippen LogP contribution in [0.4, 0.5) is 15.9 Å². The van der Waals surface area contributed by atoms with Gasteiger partial charge in [0.05, 0.1) is 23.3 Å². The number of hydrogen-bond acceptors (Lipinski definition) is 4. The molecule has 0 aliphatic carbocycles. The summed E-state index contributed by atoms with van der Waals surface area (Å²) in [6, 6.07) is 13.6. The average molecular weight is 415 g/mol. The first kappa shape index (κ1) is 19.2. The molecule has 1 aliphatic rings. The van der Waals surface area contributed by atoms with Gasteiger partial charge in [-0.15, -0.1) is 0 Å². The molecule has 0 unspecified atom stereocenters. The van der Waals surface area contributed by atoms with Crippen LogP contribution in [0.15, 0.2) is 48.8 Å². The van der Waals surface area contributed by atoms with Crippen LogP contribution in [0, 0.1) is 19.7 Å². The molecule has 7 heteroatoms. The third-order valence-corrected chi connectivity index (χ3v) is 5.82. The van der Waals surface area contributed by atoms with Crippen molar-refractivity contribution >= 4 is 28.3 Å². The van der Waals surface area contributed by atoms with Crippen molar-refractivity contribution in [3.8, 4) is 11.3 Å². The molecule has 3 heterocycles. The van der Waals surface area contributed by atoms with Crippen molar-refractivity contribution in [1.29, 1.82) is 0 Å². The second kappa shape index (κ2) is 7.50. The third kappa shape index (κ3) is 3.42. The van der Waals surface area contributed by atoms with Gasteiger partial charge < -0.3 is 15.2 Å². The lowest BCUT2D eigenvalue weighted by Gasteiger charge is -2.11. The molecule has 0 fully saturated rings. The standard InChI is InChI=1S/C24H22FN5O/c1-14-4-3-5-20-23(14)24(25)15(2)30(20)9-8-26-21-12-19(27-13-28-21)16-6-7-18-17(10-16)11-22(31)29-18/h3-7,10,12-13H,8-9,11H2,1-2H3,(H,29,31)(H,26,27,28). The minimum Gasteiger partial charge on any atom is -0.368 e. The number of carbonyl (C=O) groups is 1. The van der Waals surface area contributed by atoms with E-state index < -0.39 is 0 Å². The van der Waals surface area contributed by atoms with Crippen LogP contribution in [-0.4, -0.2) is 27.0 Å². The Hall–Kier alpha value is -3.74. The number of benzene rings is 2. The molecule has 6 nitrogen and oxygen atoms in total. The first-order chi connectivity index (χ1) is 15.0. The fraction of sp³-hybridized carbons (Fsp3) is 0.208. The second-order valence-electron chi connectivity index (χ2n) is 7.83. The van der Waals surface area contributed by atoms with E-state index in [9.17, 15) is 9.18 Å². The van der Waals surface area contributed by atoms with E-state index in [2.05, 4.69) is 20.6 Å². The Morgan fingerprint density at radius 1 is 1.16 bits per heavy atom. The fourth-order valence-corrected chi connectivity index (χ4v) is 4.23. The highest BCUT2D eigenvalue weighted by Crippen LogP contribution is 2.29. The molecule has 1 amide bonds. The number of fused-ring (bicyclic) bond motifs is 2. The quantitative estimate of drug-likeness (QED) is 0.505. The van der Waals surface area contributed by atoms with Crippen molar-refractivity contribution in [3.05, 3.63) is 71.4 Å². The van der Waals surface area contributed by atoms with Gasteiger partial charge in [-0.2, -0.15) is 0 Å². The van der Waals surface area contributed by atoms with Crippen LogP contribution in [0.5, 0.6) is 0 Å². The summed E-state index contributed by atoms with van der Waals surface area (Å²) in [5.41, 5.74) is 6.03. The molecule has 4 aromatic rings. The number of nitrogens with one attached hydrogen (secondary N) is 2. The molecule has 2 aromatic carbocycles. The molecule has 0 radical (unpaired) electrons. The van der Waals surface area contributed by atoms with Crippen molar-refractivity contribution in [2.24, 2.45) is 0 Å². The molecule has 0 bridgehead atoms.